The van der Waals surface area contributed by atoms with E-state index in [0.29, 0.717) is 24.3 Å². The predicted molar refractivity (Wildman–Crippen MR) is 82.3 cm³/mol. The first-order valence-electron chi connectivity index (χ1n) is 6.94. The van der Waals surface area contributed by atoms with Crippen molar-refractivity contribution in [3.8, 4) is 0 Å². The first-order valence-corrected chi connectivity index (χ1v) is 6.94. The number of aliphatic hydroxyl groups is 1. The molecule has 1 aromatic rings. The molecule has 0 aliphatic carbocycles. The van der Waals surface area contributed by atoms with Crippen LogP contribution in [-0.4, -0.2) is 52.8 Å². The summed E-state index contributed by atoms with van der Waals surface area (Å²) in [5, 5.41) is 15.5. The molecule has 0 atom stereocenters. The number of rotatable bonds is 8. The van der Waals surface area contributed by atoms with Crippen LogP contribution in [0.1, 0.15) is 33.6 Å². The van der Waals surface area contributed by atoms with Gasteiger partial charge in [0.25, 0.3) is 0 Å². The number of aliphatic hydroxyl groups excluding tert-OH is 1. The van der Waals surface area contributed by atoms with Gasteiger partial charge in [-0.25, -0.2) is 0 Å². The fraction of sp³-hybridized carbons (Fsp3) is 0.769. The molecule has 1 heterocycles. The number of nitrogens with one attached hydrogen (secondary N) is 2. The van der Waals surface area contributed by atoms with Crippen LogP contribution in [0.25, 0.3) is 0 Å². The number of nitrogens with zero attached hydrogens (tertiary/aromatic N) is 4. The van der Waals surface area contributed by atoms with Gasteiger partial charge >= 0.3 is 0 Å². The third-order valence-electron chi connectivity index (χ3n) is 2.74. The Labute approximate surface area is 120 Å². The third kappa shape index (κ3) is 5.16. The number of aromatic nitrogens is 3. The average Bonchev–Trinajstić information content (AvgIpc) is 2.35. The van der Waals surface area contributed by atoms with Gasteiger partial charge in [-0.15, -0.1) is 0 Å². The lowest BCUT2D eigenvalue weighted by atomic mass is 10.0. The van der Waals surface area contributed by atoms with E-state index >= 15 is 0 Å². The highest BCUT2D eigenvalue weighted by Gasteiger charge is 2.19. The molecule has 0 aromatic carbocycles. The van der Waals surface area contributed by atoms with E-state index in [1.54, 1.807) is 0 Å². The molecule has 1 rings (SSSR count). The molecule has 0 aliphatic heterocycles. The summed E-state index contributed by atoms with van der Waals surface area (Å²) in [6.45, 7) is 7.02. The quantitative estimate of drug-likeness (QED) is 0.663. The molecule has 114 valence electrons. The first-order chi connectivity index (χ1) is 9.38. The molecule has 0 saturated heterocycles. The van der Waals surface area contributed by atoms with Gasteiger partial charge in [0, 0.05) is 32.8 Å². The van der Waals surface area contributed by atoms with Gasteiger partial charge in [-0.3, -0.25) is 0 Å². The minimum Gasteiger partial charge on any atom is -0.396 e. The van der Waals surface area contributed by atoms with Crippen LogP contribution in [-0.2, 0) is 0 Å². The zero-order valence-corrected chi connectivity index (χ0v) is 13.1. The van der Waals surface area contributed by atoms with Crippen molar-refractivity contribution in [3.63, 3.8) is 0 Å². The highest BCUT2D eigenvalue weighted by molar-refractivity contribution is 5.43. The van der Waals surface area contributed by atoms with Crippen LogP contribution < -0.4 is 15.5 Å². The Morgan fingerprint density at radius 1 is 1.15 bits per heavy atom. The van der Waals surface area contributed by atoms with Crippen molar-refractivity contribution in [2.45, 2.75) is 39.2 Å². The molecule has 0 amide bonds. The Morgan fingerprint density at radius 2 is 1.80 bits per heavy atom. The Hall–Kier alpha value is -1.63. The largest absolute Gasteiger partial charge is 0.396 e. The van der Waals surface area contributed by atoms with Crippen LogP contribution in [0.3, 0.4) is 0 Å². The summed E-state index contributed by atoms with van der Waals surface area (Å²) in [7, 11) is 3.78. The maximum atomic E-state index is 9.08. The topological polar surface area (TPSA) is 86.2 Å². The normalized spacial score (nSPS) is 11.3. The average molecular weight is 282 g/mol. The zero-order valence-electron chi connectivity index (χ0n) is 13.1. The summed E-state index contributed by atoms with van der Waals surface area (Å²) in [5.74, 6) is 1.68. The lowest BCUT2D eigenvalue weighted by Gasteiger charge is -2.26. The molecule has 7 heteroatoms. The van der Waals surface area contributed by atoms with Crippen molar-refractivity contribution in [1.82, 2.24) is 15.0 Å². The van der Waals surface area contributed by atoms with Crippen molar-refractivity contribution in [3.05, 3.63) is 0 Å². The first kappa shape index (κ1) is 16.4. The SMILES string of the molecule is CCCNc1nc(NC(C)(C)CCO)nc(N(C)C)n1. The van der Waals surface area contributed by atoms with Gasteiger partial charge in [-0.2, -0.15) is 15.0 Å². The van der Waals surface area contributed by atoms with Crippen LogP contribution in [0.5, 0.6) is 0 Å². The highest BCUT2D eigenvalue weighted by atomic mass is 16.3. The van der Waals surface area contributed by atoms with E-state index in [-0.39, 0.29) is 12.1 Å². The Bertz CT molecular complexity index is 421. The second-order valence-electron chi connectivity index (χ2n) is 5.59. The van der Waals surface area contributed by atoms with Gasteiger partial charge in [0.15, 0.2) is 0 Å². The molecule has 3 N–H and O–H groups in total. The zero-order chi connectivity index (χ0) is 15.2. The second-order valence-corrected chi connectivity index (χ2v) is 5.59. The number of hydrogen-bond acceptors (Lipinski definition) is 7. The molecule has 0 bridgehead atoms. The molecule has 0 saturated carbocycles. The van der Waals surface area contributed by atoms with E-state index in [4.69, 9.17) is 5.11 Å². The second kappa shape index (κ2) is 7.23. The van der Waals surface area contributed by atoms with Crippen LogP contribution in [0.2, 0.25) is 0 Å². The highest BCUT2D eigenvalue weighted by Crippen LogP contribution is 2.17. The standard InChI is InChI=1S/C13H26N6O/c1-6-8-14-10-15-11(17-12(16-10)19(4)5)18-13(2,3)7-9-20/h20H,6-9H2,1-5H3,(H2,14,15,16,17,18). The van der Waals surface area contributed by atoms with Gasteiger partial charge in [-0.05, 0) is 26.7 Å². The van der Waals surface area contributed by atoms with E-state index in [0.717, 1.165) is 13.0 Å². The van der Waals surface area contributed by atoms with Crippen LogP contribution in [0.15, 0.2) is 0 Å². The number of anilines is 3. The molecular formula is C13H26N6O. The summed E-state index contributed by atoms with van der Waals surface area (Å²) in [6.07, 6.45) is 1.62. The van der Waals surface area contributed by atoms with Crippen molar-refractivity contribution in [2.75, 3.05) is 42.8 Å². The summed E-state index contributed by atoms with van der Waals surface area (Å²) >= 11 is 0. The van der Waals surface area contributed by atoms with Gasteiger partial charge in [0.05, 0.1) is 0 Å². The smallest absolute Gasteiger partial charge is 0.231 e. The lowest BCUT2D eigenvalue weighted by molar-refractivity contribution is 0.260. The van der Waals surface area contributed by atoms with Crippen molar-refractivity contribution >= 4 is 17.8 Å². The van der Waals surface area contributed by atoms with Gasteiger partial charge < -0.3 is 20.6 Å². The van der Waals surface area contributed by atoms with E-state index < -0.39 is 0 Å². The molecule has 0 radical (unpaired) electrons. The Kier molecular flexibility index (Phi) is 5.94. The monoisotopic (exact) mass is 282 g/mol. The van der Waals surface area contributed by atoms with E-state index in [9.17, 15) is 0 Å². The van der Waals surface area contributed by atoms with Crippen LogP contribution in [0.4, 0.5) is 17.8 Å². The molecule has 0 unspecified atom stereocenters. The van der Waals surface area contributed by atoms with Crippen LogP contribution >= 0.6 is 0 Å². The summed E-state index contributed by atoms with van der Waals surface area (Å²) in [4.78, 5) is 14.9. The molecule has 0 aliphatic rings. The van der Waals surface area contributed by atoms with Gasteiger partial charge in [0.2, 0.25) is 17.8 Å². The molecule has 7 nitrogen and oxygen atoms in total. The van der Waals surface area contributed by atoms with Crippen molar-refractivity contribution in [2.24, 2.45) is 0 Å². The van der Waals surface area contributed by atoms with E-state index in [2.05, 4.69) is 32.5 Å². The molecular weight excluding hydrogens is 256 g/mol. The fourth-order valence-electron chi connectivity index (χ4n) is 1.58. The Morgan fingerprint density at radius 3 is 2.35 bits per heavy atom. The minimum absolute atomic E-state index is 0.118. The van der Waals surface area contributed by atoms with Gasteiger partial charge in [-0.1, -0.05) is 6.92 Å². The maximum absolute atomic E-state index is 9.08. The Balaban J connectivity index is 2.96. The summed E-state index contributed by atoms with van der Waals surface area (Å²) < 4.78 is 0. The molecule has 20 heavy (non-hydrogen) atoms. The summed E-state index contributed by atoms with van der Waals surface area (Å²) in [5.41, 5.74) is -0.276. The maximum Gasteiger partial charge on any atom is 0.231 e. The lowest BCUT2D eigenvalue weighted by Crippen LogP contribution is -2.33. The van der Waals surface area contributed by atoms with Crippen molar-refractivity contribution < 1.29 is 5.11 Å². The predicted octanol–water partition coefficient (Wildman–Crippen LogP) is 1.33. The summed E-state index contributed by atoms with van der Waals surface area (Å²) in [6, 6.07) is 0. The number of hydrogen-bond donors (Lipinski definition) is 3. The van der Waals surface area contributed by atoms with Crippen molar-refractivity contribution in [1.29, 1.82) is 0 Å². The molecule has 0 fully saturated rings. The van der Waals surface area contributed by atoms with E-state index in [1.165, 1.54) is 0 Å². The molecule has 1 aromatic heterocycles. The van der Waals surface area contributed by atoms with Crippen LogP contribution in [0, 0.1) is 0 Å². The van der Waals surface area contributed by atoms with E-state index in [1.807, 2.05) is 32.8 Å². The molecule has 0 spiro atoms. The third-order valence-corrected chi connectivity index (χ3v) is 2.74. The fourth-order valence-corrected chi connectivity index (χ4v) is 1.58. The minimum atomic E-state index is -0.276. The van der Waals surface area contributed by atoms with Gasteiger partial charge in [0.1, 0.15) is 0 Å².